The van der Waals surface area contributed by atoms with Crippen LogP contribution in [-0.2, 0) is 27.1 Å². The Bertz CT molecular complexity index is 938. The van der Waals surface area contributed by atoms with Gasteiger partial charge in [-0.3, -0.25) is 4.79 Å². The third-order valence-electron chi connectivity index (χ3n) is 5.01. The van der Waals surface area contributed by atoms with Gasteiger partial charge in [-0.1, -0.05) is 42.0 Å². The van der Waals surface area contributed by atoms with Crippen molar-refractivity contribution in [1.29, 1.82) is 0 Å². The second kappa shape index (κ2) is 8.84. The number of nitrogens with one attached hydrogen (secondary N) is 1. The normalized spacial score (nSPS) is 16.1. The Kier molecular flexibility index (Phi) is 6.46. The molecule has 150 valence electrons. The lowest BCUT2D eigenvalue weighted by molar-refractivity contribution is -0.126. The molecule has 2 aromatic rings. The fourth-order valence-corrected chi connectivity index (χ4v) is 5.03. The van der Waals surface area contributed by atoms with E-state index < -0.39 is 10.0 Å². The Morgan fingerprint density at radius 3 is 2.46 bits per heavy atom. The van der Waals surface area contributed by atoms with E-state index in [0.717, 1.165) is 11.1 Å². The number of piperidine rings is 1. The summed E-state index contributed by atoms with van der Waals surface area (Å²) < 4.78 is 40.0. The summed E-state index contributed by atoms with van der Waals surface area (Å²) in [5.41, 5.74) is 2.50. The molecule has 0 atom stereocenters. The lowest BCUT2D eigenvalue weighted by Gasteiger charge is -2.30. The first-order valence-electron chi connectivity index (χ1n) is 9.39. The van der Waals surface area contributed by atoms with E-state index in [9.17, 15) is 17.6 Å². The van der Waals surface area contributed by atoms with Gasteiger partial charge in [0.2, 0.25) is 15.9 Å². The third-order valence-corrected chi connectivity index (χ3v) is 6.86. The molecule has 1 amide bonds. The van der Waals surface area contributed by atoms with E-state index in [1.54, 1.807) is 12.1 Å². The molecule has 2 aromatic carbocycles. The third kappa shape index (κ3) is 5.39. The second-order valence-corrected chi connectivity index (χ2v) is 9.24. The zero-order chi connectivity index (χ0) is 20.1. The van der Waals surface area contributed by atoms with Crippen LogP contribution in [0.3, 0.4) is 0 Å². The molecule has 3 rings (SSSR count). The molecule has 7 heteroatoms. The summed E-state index contributed by atoms with van der Waals surface area (Å²) in [6.45, 7) is 2.88. The highest BCUT2D eigenvalue weighted by atomic mass is 32.2. The molecular weight excluding hydrogens is 379 g/mol. The van der Waals surface area contributed by atoms with Crippen LogP contribution < -0.4 is 5.32 Å². The zero-order valence-corrected chi connectivity index (χ0v) is 16.7. The number of hydrogen-bond donors (Lipinski definition) is 1. The van der Waals surface area contributed by atoms with Gasteiger partial charge in [0.25, 0.3) is 0 Å². The number of carbonyl (C=O) groups excluding carboxylic acids is 1. The number of amides is 1. The molecule has 1 heterocycles. The maximum absolute atomic E-state index is 13.2. The molecular formula is C21H25FN2O3S. The predicted molar refractivity (Wildman–Crippen MR) is 106 cm³/mol. The van der Waals surface area contributed by atoms with Crippen LogP contribution in [0.4, 0.5) is 4.39 Å². The van der Waals surface area contributed by atoms with E-state index in [2.05, 4.69) is 5.32 Å². The predicted octanol–water partition coefficient (Wildman–Crippen LogP) is 2.99. The summed E-state index contributed by atoms with van der Waals surface area (Å²) in [5.74, 6) is -0.691. The molecule has 0 radical (unpaired) electrons. The van der Waals surface area contributed by atoms with Crippen molar-refractivity contribution in [3.05, 3.63) is 71.0 Å². The van der Waals surface area contributed by atoms with Gasteiger partial charge in [0.15, 0.2) is 0 Å². The first kappa shape index (κ1) is 20.5. The smallest absolute Gasteiger partial charge is 0.223 e. The maximum Gasteiger partial charge on any atom is 0.223 e. The average molecular weight is 405 g/mol. The molecule has 1 N–H and O–H groups in total. The van der Waals surface area contributed by atoms with Crippen molar-refractivity contribution in [3.8, 4) is 0 Å². The van der Waals surface area contributed by atoms with Crippen molar-refractivity contribution in [2.24, 2.45) is 5.92 Å². The Morgan fingerprint density at radius 1 is 1.11 bits per heavy atom. The van der Waals surface area contributed by atoms with Gasteiger partial charge in [0, 0.05) is 25.6 Å². The first-order chi connectivity index (χ1) is 13.3. The number of benzene rings is 2. The summed E-state index contributed by atoms with van der Waals surface area (Å²) in [6.07, 6.45) is 0.976. The van der Waals surface area contributed by atoms with Crippen molar-refractivity contribution in [2.45, 2.75) is 32.1 Å². The largest absolute Gasteiger partial charge is 0.352 e. The highest BCUT2D eigenvalue weighted by molar-refractivity contribution is 7.88. The van der Waals surface area contributed by atoms with Gasteiger partial charge in [0.1, 0.15) is 5.82 Å². The number of carbonyl (C=O) groups is 1. The van der Waals surface area contributed by atoms with Crippen molar-refractivity contribution < 1.29 is 17.6 Å². The van der Waals surface area contributed by atoms with Gasteiger partial charge in [-0.05, 0) is 43.0 Å². The Labute approximate surface area is 165 Å². The summed E-state index contributed by atoms with van der Waals surface area (Å²) >= 11 is 0. The van der Waals surface area contributed by atoms with Gasteiger partial charge in [-0.2, -0.15) is 0 Å². The minimum absolute atomic E-state index is 0.0227. The molecule has 0 aromatic heterocycles. The van der Waals surface area contributed by atoms with Crippen LogP contribution in [0.5, 0.6) is 0 Å². The molecule has 28 heavy (non-hydrogen) atoms. The monoisotopic (exact) mass is 404 g/mol. The van der Waals surface area contributed by atoms with Crippen LogP contribution in [0.15, 0.2) is 48.5 Å². The zero-order valence-electron chi connectivity index (χ0n) is 15.9. The molecule has 0 spiro atoms. The van der Waals surface area contributed by atoms with Gasteiger partial charge in [-0.15, -0.1) is 0 Å². The number of rotatable bonds is 6. The van der Waals surface area contributed by atoms with Gasteiger partial charge >= 0.3 is 0 Å². The van der Waals surface area contributed by atoms with Crippen LogP contribution >= 0.6 is 0 Å². The number of nitrogens with zero attached hydrogens (tertiary/aromatic N) is 1. The van der Waals surface area contributed by atoms with E-state index in [-0.39, 0.29) is 29.9 Å². The molecule has 0 aliphatic carbocycles. The number of sulfonamides is 1. The summed E-state index contributed by atoms with van der Waals surface area (Å²) in [5, 5.41) is 2.82. The molecule has 0 unspecified atom stereocenters. The molecule has 1 aliphatic rings. The molecule has 5 nitrogen and oxygen atoms in total. The Balaban J connectivity index is 1.51. The summed E-state index contributed by atoms with van der Waals surface area (Å²) in [7, 11) is -3.40. The van der Waals surface area contributed by atoms with Gasteiger partial charge in [-0.25, -0.2) is 17.1 Å². The Morgan fingerprint density at radius 2 is 1.79 bits per heavy atom. The van der Waals surface area contributed by atoms with E-state index in [0.29, 0.717) is 31.5 Å². The topological polar surface area (TPSA) is 66.5 Å². The number of aryl methyl sites for hydroxylation is 1. The van der Waals surface area contributed by atoms with Crippen molar-refractivity contribution in [2.75, 3.05) is 13.1 Å². The standard InChI is InChI=1S/C21H25FN2O3S/c1-16-4-2-6-18(12-16)15-28(26,27)24-10-8-19(9-11-24)21(25)23-14-17-5-3-7-20(22)13-17/h2-7,12-13,19H,8-11,14-15H2,1H3,(H,23,25). The van der Waals surface area contributed by atoms with Crippen LogP contribution in [0.25, 0.3) is 0 Å². The fourth-order valence-electron chi connectivity index (χ4n) is 3.48. The van der Waals surface area contributed by atoms with E-state index in [4.69, 9.17) is 0 Å². The quantitative estimate of drug-likeness (QED) is 0.805. The highest BCUT2D eigenvalue weighted by Gasteiger charge is 2.31. The molecule has 1 aliphatic heterocycles. The second-order valence-electron chi connectivity index (χ2n) is 7.27. The van der Waals surface area contributed by atoms with Crippen LogP contribution in [0.2, 0.25) is 0 Å². The van der Waals surface area contributed by atoms with Crippen molar-refractivity contribution in [1.82, 2.24) is 9.62 Å². The lowest BCUT2D eigenvalue weighted by Crippen LogP contribution is -2.43. The summed E-state index contributed by atoms with van der Waals surface area (Å²) in [6, 6.07) is 13.6. The maximum atomic E-state index is 13.2. The lowest BCUT2D eigenvalue weighted by atomic mass is 9.97. The molecule has 0 saturated carbocycles. The SMILES string of the molecule is Cc1cccc(CS(=O)(=O)N2CCC(C(=O)NCc3cccc(F)c3)CC2)c1. The van der Waals surface area contributed by atoms with Crippen molar-refractivity contribution >= 4 is 15.9 Å². The Hall–Kier alpha value is -2.25. The van der Waals surface area contributed by atoms with Crippen LogP contribution in [0, 0.1) is 18.7 Å². The average Bonchev–Trinajstić information content (AvgIpc) is 2.66. The fraction of sp³-hybridized carbons (Fsp3) is 0.381. The number of hydrogen-bond acceptors (Lipinski definition) is 3. The van der Waals surface area contributed by atoms with Crippen LogP contribution in [0.1, 0.15) is 29.5 Å². The van der Waals surface area contributed by atoms with Gasteiger partial charge < -0.3 is 5.32 Å². The van der Waals surface area contributed by atoms with Crippen LogP contribution in [-0.4, -0.2) is 31.7 Å². The first-order valence-corrected chi connectivity index (χ1v) is 11.0. The minimum Gasteiger partial charge on any atom is -0.352 e. The van der Waals surface area contributed by atoms with E-state index in [1.165, 1.54) is 16.4 Å². The molecule has 0 bridgehead atoms. The van der Waals surface area contributed by atoms with E-state index in [1.807, 2.05) is 31.2 Å². The molecule has 1 saturated heterocycles. The van der Waals surface area contributed by atoms with Crippen molar-refractivity contribution in [3.63, 3.8) is 0 Å². The van der Waals surface area contributed by atoms with E-state index >= 15 is 0 Å². The number of halogens is 1. The highest BCUT2D eigenvalue weighted by Crippen LogP contribution is 2.22. The molecule has 1 fully saturated rings. The van der Waals surface area contributed by atoms with Gasteiger partial charge in [0.05, 0.1) is 5.75 Å². The summed E-state index contributed by atoms with van der Waals surface area (Å²) in [4.78, 5) is 12.4. The minimum atomic E-state index is -3.40.